The number of nitrogens with one attached hydrogen (secondary N) is 1. The van der Waals surface area contributed by atoms with E-state index >= 15 is 0 Å². The molecule has 0 aliphatic rings. The third-order valence-electron chi connectivity index (χ3n) is 4.24. The first kappa shape index (κ1) is 20.2. The number of thioether (sulfide) groups is 1. The highest BCUT2D eigenvalue weighted by Crippen LogP contribution is 2.34. The largest absolute Gasteiger partial charge is 0.507 e. The van der Waals surface area contributed by atoms with E-state index in [4.69, 9.17) is 0 Å². The molecule has 0 aliphatic carbocycles. The van der Waals surface area contributed by atoms with Crippen LogP contribution in [-0.2, 0) is 4.79 Å². The molecule has 1 aromatic heterocycles. The van der Waals surface area contributed by atoms with Gasteiger partial charge < -0.3 is 10.4 Å². The molecule has 8 heteroatoms. The number of halogens is 1. The zero-order chi connectivity index (χ0) is 20.9. The zero-order valence-corrected chi connectivity index (χ0v) is 18.1. The Hall–Kier alpha value is -3.10. The molecule has 4 rings (SSSR count). The quantitative estimate of drug-likeness (QED) is 0.373. The van der Waals surface area contributed by atoms with E-state index in [0.717, 1.165) is 15.8 Å². The van der Waals surface area contributed by atoms with Crippen LogP contribution in [0.4, 0.5) is 5.69 Å². The fourth-order valence-electron chi connectivity index (χ4n) is 2.88. The average Bonchev–Trinajstić information content (AvgIpc) is 3.19. The molecule has 0 aliphatic heterocycles. The first-order valence-corrected chi connectivity index (χ1v) is 10.9. The molecule has 6 nitrogen and oxygen atoms in total. The lowest BCUT2D eigenvalue weighted by molar-refractivity contribution is -0.113. The van der Waals surface area contributed by atoms with Crippen molar-refractivity contribution in [2.45, 2.75) is 5.16 Å². The minimum Gasteiger partial charge on any atom is -0.507 e. The van der Waals surface area contributed by atoms with E-state index < -0.39 is 0 Å². The van der Waals surface area contributed by atoms with E-state index in [1.54, 1.807) is 18.2 Å². The Labute approximate surface area is 186 Å². The second-order valence-corrected chi connectivity index (χ2v) is 8.20. The van der Waals surface area contributed by atoms with Crippen LogP contribution < -0.4 is 5.32 Å². The molecule has 1 heterocycles. The highest BCUT2D eigenvalue weighted by Gasteiger charge is 2.19. The van der Waals surface area contributed by atoms with Crippen molar-refractivity contribution in [3.05, 3.63) is 83.3 Å². The molecular formula is C22H17BrN4O2S. The normalized spacial score (nSPS) is 10.7. The maximum atomic E-state index is 12.4. The predicted octanol–water partition coefficient (Wildman–Crippen LogP) is 5.13. The SMILES string of the molecule is O=C(CSc1nnc(-c2cc(Br)ccc2O)n1-c1ccccc1)Nc1ccccc1. The van der Waals surface area contributed by atoms with Crippen LogP contribution in [-0.4, -0.2) is 31.5 Å². The standard InChI is InChI=1S/C22H17BrN4O2S/c23-15-11-12-19(28)18(13-15)21-25-26-22(27(21)17-9-5-2-6-10-17)30-14-20(29)24-16-7-3-1-4-8-16/h1-13,28H,14H2,(H,24,29). The highest BCUT2D eigenvalue weighted by molar-refractivity contribution is 9.10. The Morgan fingerprint density at radius 1 is 1.00 bits per heavy atom. The summed E-state index contributed by atoms with van der Waals surface area (Å²) in [5.74, 6) is 0.623. The summed E-state index contributed by atoms with van der Waals surface area (Å²) in [7, 11) is 0. The smallest absolute Gasteiger partial charge is 0.234 e. The van der Waals surface area contributed by atoms with Gasteiger partial charge in [0.25, 0.3) is 0 Å². The molecule has 0 bridgehead atoms. The van der Waals surface area contributed by atoms with E-state index in [-0.39, 0.29) is 17.4 Å². The van der Waals surface area contributed by atoms with Crippen LogP contribution in [0.1, 0.15) is 0 Å². The number of aromatic nitrogens is 3. The fourth-order valence-corrected chi connectivity index (χ4v) is 4.00. The number of nitrogens with zero attached hydrogens (tertiary/aromatic N) is 3. The third-order valence-corrected chi connectivity index (χ3v) is 5.66. The molecule has 3 aromatic carbocycles. The lowest BCUT2D eigenvalue weighted by Crippen LogP contribution is -2.14. The molecule has 2 N–H and O–H groups in total. The summed E-state index contributed by atoms with van der Waals surface area (Å²) in [5.41, 5.74) is 2.12. The second-order valence-electron chi connectivity index (χ2n) is 6.34. The molecular weight excluding hydrogens is 464 g/mol. The minimum atomic E-state index is -0.138. The summed E-state index contributed by atoms with van der Waals surface area (Å²) in [6.07, 6.45) is 0. The first-order valence-electron chi connectivity index (χ1n) is 9.09. The van der Waals surface area contributed by atoms with E-state index in [1.165, 1.54) is 11.8 Å². The summed E-state index contributed by atoms with van der Waals surface area (Å²) in [6, 6.07) is 24.0. The minimum absolute atomic E-state index is 0.0983. The van der Waals surface area contributed by atoms with E-state index in [9.17, 15) is 9.90 Å². The lowest BCUT2D eigenvalue weighted by atomic mass is 10.2. The van der Waals surface area contributed by atoms with Gasteiger partial charge in [-0.15, -0.1) is 10.2 Å². The van der Waals surface area contributed by atoms with E-state index in [2.05, 4.69) is 31.4 Å². The van der Waals surface area contributed by atoms with Gasteiger partial charge in [-0.25, -0.2) is 0 Å². The molecule has 150 valence electrons. The van der Waals surface area contributed by atoms with Crippen LogP contribution in [0.15, 0.2) is 88.5 Å². The summed E-state index contributed by atoms with van der Waals surface area (Å²) in [5, 5.41) is 22.4. The number of phenols is 1. The first-order chi connectivity index (χ1) is 14.6. The van der Waals surface area contributed by atoms with Gasteiger partial charge in [-0.1, -0.05) is 64.1 Å². The number of hydrogen-bond acceptors (Lipinski definition) is 5. The van der Waals surface area contributed by atoms with Gasteiger partial charge in [0.2, 0.25) is 5.91 Å². The molecule has 0 saturated heterocycles. The van der Waals surface area contributed by atoms with Crippen LogP contribution >= 0.6 is 27.7 Å². The van der Waals surface area contributed by atoms with Gasteiger partial charge in [-0.3, -0.25) is 9.36 Å². The maximum Gasteiger partial charge on any atom is 0.234 e. The molecule has 4 aromatic rings. The van der Waals surface area contributed by atoms with Gasteiger partial charge in [0.05, 0.1) is 11.3 Å². The number of benzene rings is 3. The second kappa shape index (κ2) is 9.15. The Kier molecular flexibility index (Phi) is 6.15. The molecule has 0 atom stereocenters. The predicted molar refractivity (Wildman–Crippen MR) is 122 cm³/mol. The number of para-hydroxylation sites is 2. The van der Waals surface area contributed by atoms with Crippen molar-refractivity contribution < 1.29 is 9.90 Å². The zero-order valence-electron chi connectivity index (χ0n) is 15.7. The molecule has 30 heavy (non-hydrogen) atoms. The van der Waals surface area contributed by atoms with Crippen LogP contribution in [0.2, 0.25) is 0 Å². The fraction of sp³-hybridized carbons (Fsp3) is 0.0455. The molecule has 0 spiro atoms. The summed E-state index contributed by atoms with van der Waals surface area (Å²) in [4.78, 5) is 12.4. The topological polar surface area (TPSA) is 80.0 Å². The Morgan fingerprint density at radius 2 is 1.70 bits per heavy atom. The number of anilines is 1. The van der Waals surface area contributed by atoms with Crippen molar-refractivity contribution in [2.24, 2.45) is 0 Å². The monoisotopic (exact) mass is 480 g/mol. The Morgan fingerprint density at radius 3 is 2.43 bits per heavy atom. The van der Waals surface area contributed by atoms with Crippen molar-refractivity contribution in [3.8, 4) is 22.8 Å². The Bertz CT molecular complexity index is 1170. The third kappa shape index (κ3) is 4.55. The molecule has 0 saturated carbocycles. The summed E-state index contributed by atoms with van der Waals surface area (Å²) < 4.78 is 2.65. The van der Waals surface area contributed by atoms with Crippen LogP contribution in [0, 0.1) is 0 Å². The van der Waals surface area contributed by atoms with Gasteiger partial charge in [0, 0.05) is 15.8 Å². The van der Waals surface area contributed by atoms with Crippen LogP contribution in [0.5, 0.6) is 5.75 Å². The van der Waals surface area contributed by atoms with Crippen LogP contribution in [0.25, 0.3) is 17.1 Å². The van der Waals surface area contributed by atoms with Crippen molar-refractivity contribution in [1.29, 1.82) is 0 Å². The Balaban J connectivity index is 1.64. The molecule has 0 radical (unpaired) electrons. The molecule has 1 amide bonds. The van der Waals surface area contributed by atoms with Crippen molar-refractivity contribution in [3.63, 3.8) is 0 Å². The van der Waals surface area contributed by atoms with Gasteiger partial charge >= 0.3 is 0 Å². The summed E-state index contributed by atoms with van der Waals surface area (Å²) in [6.45, 7) is 0. The number of aromatic hydroxyl groups is 1. The number of carbonyl (C=O) groups excluding carboxylic acids is 1. The number of carbonyl (C=O) groups is 1. The van der Waals surface area contributed by atoms with Crippen LogP contribution in [0.3, 0.4) is 0 Å². The highest BCUT2D eigenvalue weighted by atomic mass is 79.9. The number of phenolic OH excluding ortho intramolecular Hbond substituents is 1. The summed E-state index contributed by atoms with van der Waals surface area (Å²) >= 11 is 4.71. The van der Waals surface area contributed by atoms with Crippen molar-refractivity contribution in [1.82, 2.24) is 14.8 Å². The number of hydrogen-bond donors (Lipinski definition) is 2. The lowest BCUT2D eigenvalue weighted by Gasteiger charge is -2.11. The number of amides is 1. The van der Waals surface area contributed by atoms with Crippen molar-refractivity contribution in [2.75, 3.05) is 11.1 Å². The maximum absolute atomic E-state index is 12.4. The molecule has 0 fully saturated rings. The van der Waals surface area contributed by atoms with Gasteiger partial charge in [-0.05, 0) is 42.5 Å². The van der Waals surface area contributed by atoms with Gasteiger partial charge in [0.1, 0.15) is 5.75 Å². The number of rotatable bonds is 6. The van der Waals surface area contributed by atoms with Gasteiger partial charge in [-0.2, -0.15) is 0 Å². The van der Waals surface area contributed by atoms with E-state index in [1.807, 2.05) is 65.2 Å². The van der Waals surface area contributed by atoms with Gasteiger partial charge in [0.15, 0.2) is 11.0 Å². The van der Waals surface area contributed by atoms with Crippen molar-refractivity contribution >= 4 is 39.3 Å². The molecule has 0 unspecified atom stereocenters. The van der Waals surface area contributed by atoms with E-state index in [0.29, 0.717) is 16.5 Å². The average molecular weight is 481 g/mol.